The number of ether oxygens (including phenoxy) is 1. The molecule has 4 heteroatoms. The molecule has 8 aromatic carbocycles. The van der Waals surface area contributed by atoms with Gasteiger partial charge < -0.3 is 4.74 Å². The Hall–Kier alpha value is -7.14. The van der Waals surface area contributed by atoms with Gasteiger partial charge in [-0.1, -0.05) is 170 Å². The zero-order valence-electron chi connectivity index (χ0n) is 30.7. The van der Waals surface area contributed by atoms with Crippen molar-refractivity contribution in [3.05, 3.63) is 216 Å². The van der Waals surface area contributed by atoms with Crippen molar-refractivity contribution in [1.82, 2.24) is 9.97 Å². The number of rotatable bonds is 4. The van der Waals surface area contributed by atoms with Crippen LogP contribution >= 0.6 is 11.3 Å². The highest BCUT2D eigenvalue weighted by atomic mass is 32.1. The monoisotopic (exact) mass is 744 g/mol. The van der Waals surface area contributed by atoms with Crippen LogP contribution in [0.1, 0.15) is 22.3 Å². The summed E-state index contributed by atoms with van der Waals surface area (Å²) in [5.74, 6) is 2.46. The van der Waals surface area contributed by atoms with Gasteiger partial charge in [0.2, 0.25) is 0 Å². The highest BCUT2D eigenvalue weighted by Crippen LogP contribution is 2.63. The minimum Gasteiger partial charge on any atom is -0.456 e. The van der Waals surface area contributed by atoms with Gasteiger partial charge in [-0.2, -0.15) is 0 Å². The first-order valence-electron chi connectivity index (χ1n) is 19.3. The third kappa shape index (κ3) is 4.78. The van der Waals surface area contributed by atoms with Crippen molar-refractivity contribution >= 4 is 31.5 Å². The van der Waals surface area contributed by atoms with Gasteiger partial charge in [-0.15, -0.1) is 11.3 Å². The second-order valence-electron chi connectivity index (χ2n) is 14.8. The van der Waals surface area contributed by atoms with Crippen LogP contribution < -0.4 is 4.74 Å². The van der Waals surface area contributed by atoms with Gasteiger partial charge in [-0.05, 0) is 52.1 Å². The Labute approximate surface area is 334 Å². The lowest BCUT2D eigenvalue weighted by Gasteiger charge is -2.40. The molecule has 2 aliphatic rings. The van der Waals surface area contributed by atoms with Crippen molar-refractivity contribution < 1.29 is 4.74 Å². The van der Waals surface area contributed by atoms with E-state index in [0.29, 0.717) is 5.82 Å². The number of aromatic nitrogens is 2. The number of fused-ring (bicyclic) bond motifs is 12. The second kappa shape index (κ2) is 12.4. The maximum atomic E-state index is 6.95. The number of thiophene rings is 1. The SMILES string of the molecule is c1ccc(-c2cc(-c3ccc4c(c3)sc3ccccc34)nc(-c3ccc(-c4cccc5c4Oc4ccccc4C54c5ccccc5-c5ccccc54)cc3)n2)cc1. The maximum Gasteiger partial charge on any atom is 0.160 e. The molecule has 0 atom stereocenters. The molecule has 10 aromatic rings. The average Bonchev–Trinajstić information content (AvgIpc) is 3.80. The molecule has 0 amide bonds. The summed E-state index contributed by atoms with van der Waals surface area (Å²) in [7, 11) is 0. The predicted molar refractivity (Wildman–Crippen MR) is 234 cm³/mol. The minimum atomic E-state index is -0.506. The smallest absolute Gasteiger partial charge is 0.160 e. The van der Waals surface area contributed by atoms with Gasteiger partial charge in [0.25, 0.3) is 0 Å². The molecular formula is C53H32N2OS. The van der Waals surface area contributed by atoms with E-state index in [0.717, 1.165) is 56.3 Å². The number of benzene rings is 8. The summed E-state index contributed by atoms with van der Waals surface area (Å²) in [6, 6.07) is 69.3. The molecule has 12 rings (SSSR count). The molecule has 0 bridgehead atoms. The molecule has 3 heterocycles. The summed E-state index contributed by atoms with van der Waals surface area (Å²) in [5.41, 5.74) is 13.9. The van der Waals surface area contributed by atoms with Crippen molar-refractivity contribution in [3.63, 3.8) is 0 Å². The van der Waals surface area contributed by atoms with Crippen molar-refractivity contribution in [2.75, 3.05) is 0 Å². The lowest BCUT2D eigenvalue weighted by atomic mass is 9.65. The van der Waals surface area contributed by atoms with Gasteiger partial charge in [0, 0.05) is 53.6 Å². The third-order valence-corrected chi connectivity index (χ3v) is 12.9. The largest absolute Gasteiger partial charge is 0.456 e. The van der Waals surface area contributed by atoms with Gasteiger partial charge >= 0.3 is 0 Å². The minimum absolute atomic E-state index is 0.506. The fourth-order valence-corrected chi connectivity index (χ4v) is 10.4. The van der Waals surface area contributed by atoms with E-state index < -0.39 is 5.41 Å². The van der Waals surface area contributed by atoms with E-state index >= 15 is 0 Å². The molecule has 1 aliphatic carbocycles. The summed E-state index contributed by atoms with van der Waals surface area (Å²) in [6.45, 7) is 0. The second-order valence-corrected chi connectivity index (χ2v) is 15.9. The first-order chi connectivity index (χ1) is 28.2. The fraction of sp³-hybridized carbons (Fsp3) is 0.0189. The zero-order chi connectivity index (χ0) is 37.5. The predicted octanol–water partition coefficient (Wildman–Crippen LogP) is 14.0. The summed E-state index contributed by atoms with van der Waals surface area (Å²) in [6.07, 6.45) is 0. The van der Waals surface area contributed by atoms with Crippen LogP contribution in [0.4, 0.5) is 0 Å². The molecule has 2 aromatic heterocycles. The number of hydrogen-bond donors (Lipinski definition) is 0. The van der Waals surface area contributed by atoms with Crippen molar-refractivity contribution in [1.29, 1.82) is 0 Å². The number of para-hydroxylation sites is 2. The third-order valence-electron chi connectivity index (χ3n) is 11.8. The van der Waals surface area contributed by atoms with Crippen LogP contribution in [0.3, 0.4) is 0 Å². The van der Waals surface area contributed by atoms with Gasteiger partial charge in [0.1, 0.15) is 11.5 Å². The summed E-state index contributed by atoms with van der Waals surface area (Å²) in [4.78, 5) is 10.4. The summed E-state index contributed by atoms with van der Waals surface area (Å²) >= 11 is 1.82. The van der Waals surface area contributed by atoms with Gasteiger partial charge in [0.05, 0.1) is 16.8 Å². The van der Waals surface area contributed by atoms with E-state index in [1.54, 1.807) is 0 Å². The molecule has 266 valence electrons. The van der Waals surface area contributed by atoms with E-state index in [1.807, 2.05) is 17.4 Å². The highest BCUT2D eigenvalue weighted by molar-refractivity contribution is 7.25. The lowest BCUT2D eigenvalue weighted by molar-refractivity contribution is 0.438. The summed E-state index contributed by atoms with van der Waals surface area (Å²) in [5, 5.41) is 2.56. The molecule has 57 heavy (non-hydrogen) atoms. The van der Waals surface area contributed by atoms with Crippen molar-refractivity contribution in [2.45, 2.75) is 5.41 Å². The first-order valence-corrected chi connectivity index (χ1v) is 20.1. The van der Waals surface area contributed by atoms with Crippen molar-refractivity contribution in [2.24, 2.45) is 0 Å². The van der Waals surface area contributed by atoms with E-state index in [1.165, 1.54) is 48.0 Å². The van der Waals surface area contributed by atoms with Crippen LogP contribution in [0.15, 0.2) is 194 Å². The Kier molecular flexibility index (Phi) is 7.01. The van der Waals surface area contributed by atoms with Gasteiger partial charge in [-0.3, -0.25) is 0 Å². The number of hydrogen-bond acceptors (Lipinski definition) is 4. The van der Waals surface area contributed by atoms with Crippen LogP contribution in [-0.4, -0.2) is 9.97 Å². The Morgan fingerprint density at radius 2 is 0.965 bits per heavy atom. The standard InChI is InChI=1S/C53H32N2OS/c1-2-13-34(14-3-1)46-32-47(36-29-30-41-40-17-6-11-24-49(40)57-50(41)31-36)55-52(54-46)35-27-25-33(26-28-35)37-18-12-22-45-51(37)56-48-23-10-9-21-44(48)53(45)42-19-7-4-15-38(42)39-16-5-8-20-43(39)53/h1-32H. The lowest BCUT2D eigenvalue weighted by Crippen LogP contribution is -2.32. The molecule has 0 radical (unpaired) electrons. The highest BCUT2D eigenvalue weighted by Gasteiger charge is 2.51. The van der Waals surface area contributed by atoms with E-state index in [9.17, 15) is 0 Å². The molecule has 1 spiro atoms. The molecule has 0 saturated heterocycles. The zero-order valence-corrected chi connectivity index (χ0v) is 31.5. The molecule has 0 unspecified atom stereocenters. The molecular weight excluding hydrogens is 713 g/mol. The Balaban J connectivity index is 0.992. The van der Waals surface area contributed by atoms with Crippen LogP contribution in [0.25, 0.3) is 76.3 Å². The molecule has 1 aliphatic heterocycles. The fourth-order valence-electron chi connectivity index (χ4n) is 9.27. The maximum absolute atomic E-state index is 6.95. The van der Waals surface area contributed by atoms with Gasteiger partial charge in [-0.25, -0.2) is 9.97 Å². The number of nitrogens with zero attached hydrogens (tertiary/aromatic N) is 2. The molecule has 3 nitrogen and oxygen atoms in total. The van der Waals surface area contributed by atoms with E-state index in [4.69, 9.17) is 14.7 Å². The Bertz CT molecular complexity index is 3170. The molecule has 0 fully saturated rings. The van der Waals surface area contributed by atoms with Crippen LogP contribution in [-0.2, 0) is 5.41 Å². The van der Waals surface area contributed by atoms with E-state index in [2.05, 4.69) is 188 Å². The normalized spacial score (nSPS) is 13.2. The topological polar surface area (TPSA) is 35.0 Å². The summed E-state index contributed by atoms with van der Waals surface area (Å²) < 4.78 is 9.49. The Morgan fingerprint density at radius 3 is 1.75 bits per heavy atom. The first kappa shape index (κ1) is 32.1. The quantitative estimate of drug-likeness (QED) is 0.180. The van der Waals surface area contributed by atoms with Crippen LogP contribution in [0.2, 0.25) is 0 Å². The van der Waals surface area contributed by atoms with Crippen LogP contribution in [0, 0.1) is 0 Å². The molecule has 0 saturated carbocycles. The van der Waals surface area contributed by atoms with Crippen LogP contribution in [0.5, 0.6) is 11.5 Å². The molecule has 0 N–H and O–H groups in total. The Morgan fingerprint density at radius 1 is 0.386 bits per heavy atom. The van der Waals surface area contributed by atoms with Crippen molar-refractivity contribution in [3.8, 4) is 67.7 Å². The van der Waals surface area contributed by atoms with E-state index in [-0.39, 0.29) is 0 Å². The van der Waals surface area contributed by atoms with Gasteiger partial charge in [0.15, 0.2) is 5.82 Å². The average molecular weight is 745 g/mol.